The van der Waals surface area contributed by atoms with Gasteiger partial charge in [0.2, 0.25) is 0 Å². The van der Waals surface area contributed by atoms with Gasteiger partial charge in [-0.15, -0.1) is 0 Å². The first-order valence-electron chi connectivity index (χ1n) is 9.51. The molecule has 2 aromatic rings. The van der Waals surface area contributed by atoms with Gasteiger partial charge < -0.3 is 0 Å². The van der Waals surface area contributed by atoms with E-state index in [0.717, 1.165) is 30.2 Å². The van der Waals surface area contributed by atoms with E-state index in [1.54, 1.807) is 30.3 Å². The van der Waals surface area contributed by atoms with Crippen LogP contribution in [-0.2, 0) is 6.42 Å². The maximum atomic E-state index is 11.7. The van der Waals surface area contributed by atoms with Gasteiger partial charge in [0.1, 0.15) is 0 Å². The van der Waals surface area contributed by atoms with Crippen molar-refractivity contribution in [1.82, 2.24) is 10.6 Å². The zero-order chi connectivity index (χ0) is 20.8. The smallest absolute Gasteiger partial charge is 0.259 e. The molecule has 0 aliphatic carbocycles. The molecule has 0 fully saturated rings. The largest absolute Gasteiger partial charge is 0.288 e. The van der Waals surface area contributed by atoms with Gasteiger partial charge in [-0.25, -0.2) is 0 Å². The van der Waals surface area contributed by atoms with E-state index in [4.69, 9.17) is 0 Å². The first kappa shape index (κ1) is 25.1. The van der Waals surface area contributed by atoms with Crippen LogP contribution in [0, 0.1) is 0 Å². The maximum Gasteiger partial charge on any atom is 0.259 e. The maximum absolute atomic E-state index is 11.7. The van der Waals surface area contributed by atoms with Gasteiger partial charge in [0, 0.05) is 56.7 Å². The number of imide groups is 2. The number of carbonyl (C=O) groups is 4. The SMILES string of the molecule is O=C1NC(=O)c2c(CCCCCCBr)cccc21.O=C1NC(=O)c2ccccc21.[K]. The summed E-state index contributed by atoms with van der Waals surface area (Å²) in [6, 6.07) is 12.2. The Morgan fingerprint density at radius 3 is 1.80 bits per heavy atom. The summed E-state index contributed by atoms with van der Waals surface area (Å²) < 4.78 is 0. The van der Waals surface area contributed by atoms with Crippen LogP contribution in [0.1, 0.15) is 72.7 Å². The molecule has 2 aliphatic heterocycles. The van der Waals surface area contributed by atoms with Crippen molar-refractivity contribution >= 4 is 90.9 Å². The molecule has 0 aromatic heterocycles. The van der Waals surface area contributed by atoms with Gasteiger partial charge in [0.25, 0.3) is 23.6 Å². The number of amides is 4. The molecule has 8 heteroatoms. The number of carbonyl (C=O) groups excluding carboxylic acids is 4. The molecule has 2 heterocycles. The Kier molecular flexibility index (Phi) is 10.1. The first-order chi connectivity index (χ1) is 14.0. The summed E-state index contributed by atoms with van der Waals surface area (Å²) in [6.07, 6.45) is 5.47. The minimum atomic E-state index is -0.300. The molecule has 0 atom stereocenters. The molecular formula is C22H21BrKN2O4. The molecule has 0 saturated heterocycles. The monoisotopic (exact) mass is 495 g/mol. The number of nitrogens with one attached hydrogen (secondary N) is 2. The number of halogens is 1. The van der Waals surface area contributed by atoms with Crippen molar-refractivity contribution in [2.24, 2.45) is 0 Å². The Hall–Kier alpha value is -1.16. The van der Waals surface area contributed by atoms with Gasteiger partial charge in [-0.05, 0) is 43.0 Å². The van der Waals surface area contributed by atoms with Crippen molar-refractivity contribution < 1.29 is 19.2 Å². The Morgan fingerprint density at radius 1 is 0.633 bits per heavy atom. The van der Waals surface area contributed by atoms with Crippen LogP contribution in [-0.4, -0.2) is 80.3 Å². The van der Waals surface area contributed by atoms with E-state index in [1.165, 1.54) is 12.8 Å². The number of unbranched alkanes of at least 4 members (excludes halogenated alkanes) is 3. The molecule has 4 rings (SSSR count). The number of aryl methyl sites for hydroxylation is 1. The van der Waals surface area contributed by atoms with Crippen LogP contribution in [0.2, 0.25) is 0 Å². The van der Waals surface area contributed by atoms with Crippen LogP contribution >= 0.6 is 15.9 Å². The van der Waals surface area contributed by atoms with Crippen molar-refractivity contribution in [2.45, 2.75) is 32.1 Å². The van der Waals surface area contributed by atoms with Gasteiger partial charge in [0.15, 0.2) is 0 Å². The van der Waals surface area contributed by atoms with Crippen molar-refractivity contribution in [3.63, 3.8) is 0 Å². The molecule has 1 radical (unpaired) electrons. The van der Waals surface area contributed by atoms with Crippen LogP contribution in [0.25, 0.3) is 0 Å². The van der Waals surface area contributed by atoms with Crippen LogP contribution in [0.15, 0.2) is 42.5 Å². The van der Waals surface area contributed by atoms with Crippen molar-refractivity contribution in [1.29, 1.82) is 0 Å². The van der Waals surface area contributed by atoms with E-state index in [0.29, 0.717) is 22.3 Å². The second kappa shape index (κ2) is 12.0. The fourth-order valence-electron chi connectivity index (χ4n) is 3.38. The molecule has 2 aliphatic rings. The Morgan fingerprint density at radius 2 is 1.17 bits per heavy atom. The minimum absolute atomic E-state index is 0. The fourth-order valence-corrected chi connectivity index (χ4v) is 3.78. The van der Waals surface area contributed by atoms with Gasteiger partial charge >= 0.3 is 0 Å². The molecule has 0 saturated carbocycles. The average molecular weight is 496 g/mol. The van der Waals surface area contributed by atoms with Gasteiger partial charge in [-0.2, -0.15) is 0 Å². The fraction of sp³-hybridized carbons (Fsp3) is 0.273. The Balaban J connectivity index is 0.000000229. The third-order valence-corrected chi connectivity index (χ3v) is 5.38. The molecule has 2 N–H and O–H groups in total. The zero-order valence-corrected chi connectivity index (χ0v) is 21.5. The van der Waals surface area contributed by atoms with Crippen molar-refractivity contribution in [3.05, 3.63) is 70.3 Å². The van der Waals surface area contributed by atoms with Crippen LogP contribution < -0.4 is 10.6 Å². The second-order valence-electron chi connectivity index (χ2n) is 6.80. The predicted molar refractivity (Wildman–Crippen MR) is 118 cm³/mol. The predicted octanol–water partition coefficient (Wildman–Crippen LogP) is 3.26. The minimum Gasteiger partial charge on any atom is -0.288 e. The third kappa shape index (κ3) is 5.96. The number of hydrogen-bond donors (Lipinski definition) is 2. The van der Waals surface area contributed by atoms with E-state index in [1.807, 2.05) is 12.1 Å². The van der Waals surface area contributed by atoms with E-state index < -0.39 is 0 Å². The summed E-state index contributed by atoms with van der Waals surface area (Å²) in [5.74, 6) is -1.11. The Labute approximate surface area is 226 Å². The second-order valence-corrected chi connectivity index (χ2v) is 7.60. The number of benzene rings is 2. The summed E-state index contributed by atoms with van der Waals surface area (Å²) in [7, 11) is 0. The topological polar surface area (TPSA) is 92.3 Å². The molecule has 6 nitrogen and oxygen atoms in total. The summed E-state index contributed by atoms with van der Waals surface area (Å²) in [5, 5.41) is 5.60. The normalized spacial score (nSPS) is 13.5. The summed E-state index contributed by atoms with van der Waals surface area (Å²) >= 11 is 3.41. The molecule has 2 aromatic carbocycles. The number of fused-ring (bicyclic) bond motifs is 2. The van der Waals surface area contributed by atoms with E-state index in [2.05, 4.69) is 26.6 Å². The number of hydrogen-bond acceptors (Lipinski definition) is 4. The third-order valence-electron chi connectivity index (χ3n) is 4.82. The van der Waals surface area contributed by atoms with E-state index in [9.17, 15) is 19.2 Å². The van der Waals surface area contributed by atoms with E-state index in [-0.39, 0.29) is 75.0 Å². The molecule has 151 valence electrons. The van der Waals surface area contributed by atoms with Crippen LogP contribution in [0.5, 0.6) is 0 Å². The summed E-state index contributed by atoms with van der Waals surface area (Å²) in [5.41, 5.74) is 3.05. The van der Waals surface area contributed by atoms with Gasteiger partial charge in [-0.1, -0.05) is 53.0 Å². The number of alkyl halides is 1. The first-order valence-corrected chi connectivity index (χ1v) is 10.6. The summed E-state index contributed by atoms with van der Waals surface area (Å²) in [4.78, 5) is 45.1. The quantitative estimate of drug-likeness (QED) is 0.278. The zero-order valence-electron chi connectivity index (χ0n) is 16.8. The van der Waals surface area contributed by atoms with Crippen molar-refractivity contribution in [3.8, 4) is 0 Å². The Bertz CT molecular complexity index is 944. The molecular weight excluding hydrogens is 475 g/mol. The van der Waals surface area contributed by atoms with Crippen LogP contribution in [0.4, 0.5) is 0 Å². The van der Waals surface area contributed by atoms with Gasteiger partial charge in [-0.3, -0.25) is 29.8 Å². The molecule has 0 bridgehead atoms. The molecule has 30 heavy (non-hydrogen) atoms. The molecule has 0 unspecified atom stereocenters. The van der Waals surface area contributed by atoms with Gasteiger partial charge in [0.05, 0.1) is 22.3 Å². The van der Waals surface area contributed by atoms with Crippen molar-refractivity contribution in [2.75, 3.05) is 5.33 Å². The molecule has 4 amide bonds. The van der Waals surface area contributed by atoms with Crippen LogP contribution in [0.3, 0.4) is 0 Å². The standard InChI is InChI=1S/C14H16BrNO2.C8H5NO2.K/c15-9-4-2-1-3-6-10-7-5-8-11-12(10)14(18)16-13(11)17;10-7-5-3-1-2-4-6(5)8(11)9-7;/h5,7-8H,1-4,6,9H2,(H,16,17,18);1-4H,(H,9,10,11);. The van der Waals surface area contributed by atoms with E-state index >= 15 is 0 Å². The molecule has 0 spiro atoms. The number of rotatable bonds is 6. The average Bonchev–Trinajstić information content (AvgIpc) is 3.18. The summed E-state index contributed by atoms with van der Waals surface area (Å²) in [6.45, 7) is 0.